The Balaban J connectivity index is 1.93. The molecular weight excluding hydrogens is 268 g/mol. The Kier molecular flexibility index (Phi) is 4.93. The van der Waals surface area contributed by atoms with Crippen LogP contribution >= 0.6 is 0 Å². The highest BCUT2D eigenvalue weighted by Gasteiger charge is 2.26. The first kappa shape index (κ1) is 15.5. The van der Waals surface area contributed by atoms with Gasteiger partial charge in [0.1, 0.15) is 0 Å². The van der Waals surface area contributed by atoms with Crippen molar-refractivity contribution in [3.8, 4) is 0 Å². The number of para-hydroxylation sites is 1. The lowest BCUT2D eigenvalue weighted by atomic mass is 10.0. The minimum Gasteiger partial charge on any atom is -0.366 e. The fraction of sp³-hybridized carbons (Fsp3) is 0.467. The lowest BCUT2D eigenvalue weighted by Crippen LogP contribution is -2.34. The van der Waals surface area contributed by atoms with Crippen LogP contribution in [0.1, 0.15) is 23.7 Å². The van der Waals surface area contributed by atoms with E-state index in [1.54, 1.807) is 24.3 Å². The van der Waals surface area contributed by atoms with Crippen molar-refractivity contribution in [3.05, 3.63) is 29.8 Å². The van der Waals surface area contributed by atoms with Crippen molar-refractivity contribution in [1.82, 2.24) is 4.90 Å². The molecule has 2 amide bonds. The summed E-state index contributed by atoms with van der Waals surface area (Å²) in [6.45, 7) is 4.01. The highest BCUT2D eigenvalue weighted by molar-refractivity contribution is 6.03. The monoisotopic (exact) mass is 290 g/mol. The topological polar surface area (TPSA) is 101 Å². The number of amides is 2. The Morgan fingerprint density at radius 2 is 2.14 bits per heavy atom. The number of nitrogens with one attached hydrogen (secondary N) is 1. The van der Waals surface area contributed by atoms with Crippen molar-refractivity contribution in [2.75, 3.05) is 25.0 Å². The standard InChI is InChI=1S/C15H22N4O2/c1-10(16)11-6-7-19(8-11)9-14(20)18-13-5-3-2-4-12(13)15(17)21/h2-5,10-11H,6-9,16H2,1H3,(H2,17,21)(H,18,20). The number of anilines is 1. The van der Waals surface area contributed by atoms with Crippen LogP contribution in [0.5, 0.6) is 0 Å². The summed E-state index contributed by atoms with van der Waals surface area (Å²) in [7, 11) is 0. The number of benzene rings is 1. The molecule has 0 aromatic heterocycles. The van der Waals surface area contributed by atoms with Gasteiger partial charge < -0.3 is 16.8 Å². The fourth-order valence-corrected chi connectivity index (χ4v) is 2.64. The third-order valence-electron chi connectivity index (χ3n) is 3.89. The first-order chi connectivity index (χ1) is 9.97. The van der Waals surface area contributed by atoms with Gasteiger partial charge in [-0.2, -0.15) is 0 Å². The van der Waals surface area contributed by atoms with Gasteiger partial charge in [0, 0.05) is 12.6 Å². The number of nitrogens with zero attached hydrogens (tertiary/aromatic N) is 1. The predicted octanol–water partition coefficient (Wildman–Crippen LogP) is 0.393. The van der Waals surface area contributed by atoms with Crippen LogP contribution in [0.25, 0.3) is 0 Å². The van der Waals surface area contributed by atoms with E-state index in [0.29, 0.717) is 23.7 Å². The Hall–Kier alpha value is -1.92. The molecule has 114 valence electrons. The van der Waals surface area contributed by atoms with E-state index in [2.05, 4.69) is 10.2 Å². The number of likely N-dealkylation sites (tertiary alicyclic amines) is 1. The molecule has 6 heteroatoms. The maximum absolute atomic E-state index is 12.1. The second-order valence-corrected chi connectivity index (χ2v) is 5.60. The third kappa shape index (κ3) is 4.03. The Morgan fingerprint density at radius 1 is 1.43 bits per heavy atom. The zero-order valence-electron chi connectivity index (χ0n) is 12.2. The number of primary amides is 1. The molecule has 1 aliphatic rings. The molecule has 2 atom stereocenters. The molecule has 0 spiro atoms. The van der Waals surface area contributed by atoms with Crippen LogP contribution in [0.15, 0.2) is 24.3 Å². The first-order valence-corrected chi connectivity index (χ1v) is 7.14. The van der Waals surface area contributed by atoms with E-state index in [1.807, 2.05) is 6.92 Å². The number of hydrogen-bond acceptors (Lipinski definition) is 4. The predicted molar refractivity (Wildman–Crippen MR) is 81.8 cm³/mol. The highest BCUT2D eigenvalue weighted by atomic mass is 16.2. The number of carbonyl (C=O) groups excluding carboxylic acids is 2. The average Bonchev–Trinajstić information content (AvgIpc) is 2.87. The SMILES string of the molecule is CC(N)C1CCN(CC(=O)Nc2ccccc2C(N)=O)C1. The third-order valence-corrected chi connectivity index (χ3v) is 3.89. The number of hydrogen-bond donors (Lipinski definition) is 3. The van der Waals surface area contributed by atoms with Crippen LogP contribution in [-0.4, -0.2) is 42.4 Å². The molecule has 0 aliphatic carbocycles. The molecule has 1 aromatic carbocycles. The van der Waals surface area contributed by atoms with E-state index in [1.165, 1.54) is 0 Å². The second-order valence-electron chi connectivity index (χ2n) is 5.60. The van der Waals surface area contributed by atoms with Gasteiger partial charge in [-0.25, -0.2) is 0 Å². The van der Waals surface area contributed by atoms with Gasteiger partial charge in [-0.1, -0.05) is 12.1 Å². The van der Waals surface area contributed by atoms with Gasteiger partial charge in [0.25, 0.3) is 5.91 Å². The second kappa shape index (κ2) is 6.69. The van der Waals surface area contributed by atoms with Crippen LogP contribution in [-0.2, 0) is 4.79 Å². The van der Waals surface area contributed by atoms with E-state index in [0.717, 1.165) is 19.5 Å². The van der Waals surface area contributed by atoms with E-state index in [4.69, 9.17) is 11.5 Å². The maximum atomic E-state index is 12.1. The van der Waals surface area contributed by atoms with Gasteiger partial charge in [0.15, 0.2) is 0 Å². The number of rotatable bonds is 5. The molecule has 0 bridgehead atoms. The van der Waals surface area contributed by atoms with Crippen LogP contribution in [0, 0.1) is 5.92 Å². The zero-order chi connectivity index (χ0) is 15.4. The number of carbonyl (C=O) groups is 2. The summed E-state index contributed by atoms with van der Waals surface area (Å²) in [6.07, 6.45) is 1.02. The van der Waals surface area contributed by atoms with Crippen molar-refractivity contribution in [3.63, 3.8) is 0 Å². The van der Waals surface area contributed by atoms with Crippen molar-refractivity contribution < 1.29 is 9.59 Å². The van der Waals surface area contributed by atoms with E-state index in [9.17, 15) is 9.59 Å². The molecule has 5 N–H and O–H groups in total. The lowest BCUT2D eigenvalue weighted by Gasteiger charge is -2.17. The summed E-state index contributed by atoms with van der Waals surface area (Å²) in [5.74, 6) is -0.256. The normalized spacial score (nSPS) is 20.2. The fourth-order valence-electron chi connectivity index (χ4n) is 2.64. The average molecular weight is 290 g/mol. The summed E-state index contributed by atoms with van der Waals surface area (Å²) in [6, 6.07) is 6.88. The van der Waals surface area contributed by atoms with Crippen LogP contribution in [0.2, 0.25) is 0 Å². The Bertz CT molecular complexity index is 530. The summed E-state index contributed by atoms with van der Waals surface area (Å²) in [5, 5.41) is 2.75. The quantitative estimate of drug-likeness (QED) is 0.730. The summed E-state index contributed by atoms with van der Waals surface area (Å²) in [5.41, 5.74) is 12.0. The molecule has 0 saturated carbocycles. The molecule has 1 fully saturated rings. The van der Waals surface area contributed by atoms with Crippen molar-refractivity contribution >= 4 is 17.5 Å². The van der Waals surface area contributed by atoms with Crippen molar-refractivity contribution in [2.24, 2.45) is 17.4 Å². The van der Waals surface area contributed by atoms with Gasteiger partial charge in [-0.15, -0.1) is 0 Å². The largest absolute Gasteiger partial charge is 0.366 e. The molecule has 1 aliphatic heterocycles. The van der Waals surface area contributed by atoms with Crippen molar-refractivity contribution in [2.45, 2.75) is 19.4 Å². The van der Waals surface area contributed by atoms with Gasteiger partial charge in [-0.3, -0.25) is 14.5 Å². The van der Waals surface area contributed by atoms with Crippen LogP contribution < -0.4 is 16.8 Å². The minimum absolute atomic E-state index is 0.144. The molecular formula is C15H22N4O2. The van der Waals surface area contributed by atoms with Gasteiger partial charge in [0.2, 0.25) is 5.91 Å². The maximum Gasteiger partial charge on any atom is 0.250 e. The van der Waals surface area contributed by atoms with Crippen LogP contribution in [0.4, 0.5) is 5.69 Å². The number of nitrogens with two attached hydrogens (primary N) is 2. The summed E-state index contributed by atoms with van der Waals surface area (Å²) in [4.78, 5) is 25.5. The smallest absolute Gasteiger partial charge is 0.250 e. The molecule has 21 heavy (non-hydrogen) atoms. The summed E-state index contributed by atoms with van der Waals surface area (Å²) < 4.78 is 0. The molecule has 0 radical (unpaired) electrons. The molecule has 1 heterocycles. The molecule has 2 unspecified atom stereocenters. The van der Waals surface area contributed by atoms with E-state index < -0.39 is 5.91 Å². The molecule has 1 aromatic rings. The van der Waals surface area contributed by atoms with Crippen LogP contribution in [0.3, 0.4) is 0 Å². The summed E-state index contributed by atoms with van der Waals surface area (Å²) >= 11 is 0. The minimum atomic E-state index is -0.552. The van der Waals surface area contributed by atoms with E-state index >= 15 is 0 Å². The zero-order valence-corrected chi connectivity index (χ0v) is 12.2. The first-order valence-electron chi connectivity index (χ1n) is 7.14. The molecule has 2 rings (SSSR count). The Morgan fingerprint density at radius 3 is 2.76 bits per heavy atom. The lowest BCUT2D eigenvalue weighted by molar-refractivity contribution is -0.117. The van der Waals surface area contributed by atoms with E-state index in [-0.39, 0.29) is 11.9 Å². The molecule has 1 saturated heterocycles. The van der Waals surface area contributed by atoms with Gasteiger partial charge in [-0.05, 0) is 37.9 Å². The highest BCUT2D eigenvalue weighted by Crippen LogP contribution is 2.19. The molecule has 6 nitrogen and oxygen atoms in total. The van der Waals surface area contributed by atoms with Gasteiger partial charge in [0.05, 0.1) is 17.8 Å². The van der Waals surface area contributed by atoms with Gasteiger partial charge >= 0.3 is 0 Å². The van der Waals surface area contributed by atoms with Crippen molar-refractivity contribution in [1.29, 1.82) is 0 Å². The Labute approximate surface area is 124 Å².